The van der Waals surface area contributed by atoms with Gasteiger partial charge in [-0.25, -0.2) is 15.0 Å². The van der Waals surface area contributed by atoms with E-state index in [-0.39, 0.29) is 18.1 Å². The smallest absolute Gasteiger partial charge is 0.226 e. The molecule has 1 amide bonds. The van der Waals surface area contributed by atoms with Crippen LogP contribution in [0.4, 0.5) is 11.6 Å². The fraction of sp³-hybridized carbons (Fsp3) is 0.400. The van der Waals surface area contributed by atoms with Crippen molar-refractivity contribution in [2.75, 3.05) is 16.8 Å². The Kier molecular flexibility index (Phi) is 7.33. The largest absolute Gasteiger partial charge is 0.393 e. The number of anilines is 2. The van der Waals surface area contributed by atoms with Crippen LogP contribution in [0.25, 0.3) is 10.2 Å². The highest BCUT2D eigenvalue weighted by molar-refractivity contribution is 7.18. The van der Waals surface area contributed by atoms with Crippen LogP contribution in [-0.2, 0) is 17.6 Å². The number of thiazole rings is 1. The third kappa shape index (κ3) is 5.87. The lowest BCUT2D eigenvalue weighted by atomic mass is 9.93. The molecule has 2 N–H and O–H groups in total. The summed E-state index contributed by atoms with van der Waals surface area (Å²) in [7, 11) is 0. The minimum Gasteiger partial charge on any atom is -0.393 e. The molecule has 2 aromatic heterocycles. The number of carbonyl (C=O) groups excluding carboxylic acids is 1. The Morgan fingerprint density at radius 2 is 1.71 bits per heavy atom. The van der Waals surface area contributed by atoms with Crippen LogP contribution in [0.15, 0.2) is 54.6 Å². The lowest BCUT2D eigenvalue weighted by Gasteiger charge is -2.26. The first-order valence-electron chi connectivity index (χ1n) is 13.6. The maximum Gasteiger partial charge on any atom is 0.226 e. The summed E-state index contributed by atoms with van der Waals surface area (Å²) in [5.41, 5.74) is 5.05. The molecule has 0 unspecified atom stereocenters. The molecule has 1 saturated carbocycles. The monoisotopic (exact) mass is 527 g/mol. The summed E-state index contributed by atoms with van der Waals surface area (Å²) in [6.07, 6.45) is 7.29. The molecule has 2 aromatic carbocycles. The van der Waals surface area contributed by atoms with Crippen LogP contribution in [0.5, 0.6) is 0 Å². The zero-order valence-corrected chi connectivity index (χ0v) is 22.3. The first kappa shape index (κ1) is 24.9. The molecule has 196 valence electrons. The van der Waals surface area contributed by atoms with Crippen molar-refractivity contribution in [1.29, 1.82) is 0 Å². The summed E-state index contributed by atoms with van der Waals surface area (Å²) < 4.78 is 1.09. The van der Waals surface area contributed by atoms with Crippen LogP contribution >= 0.6 is 11.3 Å². The van der Waals surface area contributed by atoms with Crippen molar-refractivity contribution in [3.05, 3.63) is 76.6 Å². The molecule has 3 heterocycles. The van der Waals surface area contributed by atoms with Gasteiger partial charge in [0.05, 0.1) is 32.7 Å². The van der Waals surface area contributed by atoms with E-state index in [2.05, 4.69) is 41.7 Å². The summed E-state index contributed by atoms with van der Waals surface area (Å²) >= 11 is 1.67. The summed E-state index contributed by atoms with van der Waals surface area (Å²) in [5.74, 6) is 0.863. The molecule has 6 rings (SSSR count). The van der Waals surface area contributed by atoms with E-state index >= 15 is 0 Å². The molecular formula is C30H33N5O2S. The van der Waals surface area contributed by atoms with E-state index in [9.17, 15) is 9.90 Å². The molecule has 2 aliphatic rings. The van der Waals surface area contributed by atoms with Crippen LogP contribution < -0.4 is 10.2 Å². The maximum absolute atomic E-state index is 12.4. The third-order valence-electron chi connectivity index (χ3n) is 7.47. The predicted octanol–water partition coefficient (Wildman–Crippen LogP) is 5.50. The number of nitrogens with one attached hydrogen (secondary N) is 1. The van der Waals surface area contributed by atoms with E-state index in [0.29, 0.717) is 18.8 Å². The predicted molar refractivity (Wildman–Crippen MR) is 152 cm³/mol. The first-order chi connectivity index (χ1) is 18.6. The molecule has 0 spiro atoms. The van der Waals surface area contributed by atoms with Crippen molar-refractivity contribution in [3.8, 4) is 0 Å². The van der Waals surface area contributed by atoms with Gasteiger partial charge in [-0.3, -0.25) is 4.79 Å². The van der Waals surface area contributed by atoms with Gasteiger partial charge in [-0.05, 0) is 68.4 Å². The van der Waals surface area contributed by atoms with E-state index in [1.165, 1.54) is 5.56 Å². The lowest BCUT2D eigenvalue weighted by Crippen LogP contribution is -2.35. The van der Waals surface area contributed by atoms with Crippen LogP contribution in [0.1, 0.15) is 66.9 Å². The van der Waals surface area contributed by atoms with Gasteiger partial charge in [-0.1, -0.05) is 30.3 Å². The molecule has 0 bridgehead atoms. The van der Waals surface area contributed by atoms with Crippen LogP contribution in [0.3, 0.4) is 0 Å². The minimum atomic E-state index is -0.193. The summed E-state index contributed by atoms with van der Waals surface area (Å²) in [6, 6.07) is 18.9. The molecule has 7 nitrogen and oxygen atoms in total. The molecule has 0 radical (unpaired) electrons. The number of rotatable bonds is 7. The highest BCUT2D eigenvalue weighted by Gasteiger charge is 2.22. The van der Waals surface area contributed by atoms with E-state index in [1.54, 1.807) is 11.3 Å². The number of benzene rings is 2. The summed E-state index contributed by atoms with van der Waals surface area (Å²) in [5, 5.41) is 14.4. The average Bonchev–Trinajstić information content (AvgIpc) is 3.32. The third-order valence-corrected chi connectivity index (χ3v) is 8.49. The fourth-order valence-corrected chi connectivity index (χ4v) is 6.46. The maximum atomic E-state index is 12.4. The number of aromatic nitrogens is 3. The van der Waals surface area contributed by atoms with Crippen molar-refractivity contribution < 1.29 is 9.90 Å². The summed E-state index contributed by atoms with van der Waals surface area (Å²) in [6.45, 7) is 0.789. The van der Waals surface area contributed by atoms with Crippen LogP contribution in [0, 0.1) is 0 Å². The number of carbonyl (C=O) groups is 1. The first-order valence-corrected chi connectivity index (χ1v) is 14.5. The van der Waals surface area contributed by atoms with Crippen molar-refractivity contribution in [2.45, 2.75) is 69.9 Å². The van der Waals surface area contributed by atoms with Gasteiger partial charge in [0.15, 0.2) is 0 Å². The van der Waals surface area contributed by atoms with Gasteiger partial charge < -0.3 is 15.3 Å². The number of piperidine rings is 1. The standard InChI is InChI=1S/C30H33N5O2S/c36-25-12-9-21(10-13-25)31-30-32-22(16-20-6-2-1-3-7-20)17-23(33-30)18-28-34-26-14-11-24(19-27(26)38-28)35-15-5-4-8-29(35)37/h1-3,6-7,11,14,17,19,21,25,36H,4-5,8-10,12-13,15-16,18H2,(H,31,32,33). The Morgan fingerprint density at radius 3 is 2.50 bits per heavy atom. The average molecular weight is 528 g/mol. The quantitative estimate of drug-likeness (QED) is 0.330. The Labute approximate surface area is 227 Å². The fourth-order valence-electron chi connectivity index (χ4n) is 5.45. The Balaban J connectivity index is 1.25. The van der Waals surface area contributed by atoms with Gasteiger partial charge in [-0.2, -0.15) is 0 Å². The van der Waals surface area contributed by atoms with E-state index < -0.39 is 0 Å². The van der Waals surface area contributed by atoms with Gasteiger partial charge in [0.25, 0.3) is 0 Å². The molecule has 2 fully saturated rings. The molecule has 1 aliphatic carbocycles. The number of hydrogen-bond acceptors (Lipinski definition) is 7. The topological polar surface area (TPSA) is 91.2 Å². The second-order valence-electron chi connectivity index (χ2n) is 10.4. The Bertz CT molecular complexity index is 1410. The lowest BCUT2D eigenvalue weighted by molar-refractivity contribution is -0.119. The molecule has 4 aromatic rings. The number of nitrogens with zero attached hydrogens (tertiary/aromatic N) is 4. The highest BCUT2D eigenvalue weighted by Crippen LogP contribution is 2.30. The van der Waals surface area contributed by atoms with Crippen molar-refractivity contribution in [3.63, 3.8) is 0 Å². The molecule has 1 aliphatic heterocycles. The zero-order valence-electron chi connectivity index (χ0n) is 21.5. The molecule has 38 heavy (non-hydrogen) atoms. The van der Waals surface area contributed by atoms with Gasteiger partial charge in [0.2, 0.25) is 11.9 Å². The number of aliphatic hydroxyl groups excluding tert-OH is 1. The van der Waals surface area contributed by atoms with E-state index in [1.807, 2.05) is 23.1 Å². The normalized spacial score (nSPS) is 20.1. The second kappa shape index (κ2) is 11.2. The number of aliphatic hydroxyl groups is 1. The second-order valence-corrected chi connectivity index (χ2v) is 11.5. The molecular weight excluding hydrogens is 494 g/mol. The molecule has 1 saturated heterocycles. The van der Waals surface area contributed by atoms with Crippen LogP contribution in [-0.4, -0.2) is 44.7 Å². The Morgan fingerprint density at radius 1 is 0.921 bits per heavy atom. The van der Waals surface area contributed by atoms with E-state index in [4.69, 9.17) is 15.0 Å². The summed E-state index contributed by atoms with van der Waals surface area (Å²) in [4.78, 5) is 28.9. The minimum absolute atomic E-state index is 0.193. The zero-order chi connectivity index (χ0) is 25.9. The Hall–Kier alpha value is -3.36. The van der Waals surface area contributed by atoms with Crippen LogP contribution in [0.2, 0.25) is 0 Å². The van der Waals surface area contributed by atoms with Crippen molar-refractivity contribution >= 4 is 39.1 Å². The van der Waals surface area contributed by atoms with Crippen molar-refractivity contribution in [2.24, 2.45) is 0 Å². The van der Waals surface area contributed by atoms with Crippen molar-refractivity contribution in [1.82, 2.24) is 15.0 Å². The van der Waals surface area contributed by atoms with Gasteiger partial charge >= 0.3 is 0 Å². The van der Waals surface area contributed by atoms with Gasteiger partial charge in [0.1, 0.15) is 0 Å². The van der Waals surface area contributed by atoms with Gasteiger partial charge in [-0.15, -0.1) is 11.3 Å². The number of hydrogen-bond donors (Lipinski definition) is 2. The van der Waals surface area contributed by atoms with Gasteiger partial charge in [0, 0.05) is 37.5 Å². The number of amides is 1. The molecule has 0 atom stereocenters. The van der Waals surface area contributed by atoms with E-state index in [0.717, 1.165) is 83.8 Å². The SMILES string of the molecule is O=C1CCCCN1c1ccc2nc(Cc3cc(Cc4ccccc4)nc(NC4CCC(O)CC4)n3)sc2c1. The number of fused-ring (bicyclic) bond motifs is 1. The highest BCUT2D eigenvalue weighted by atomic mass is 32.1. The molecule has 8 heteroatoms.